The number of aromatic hydroxyl groups is 2. The molecule has 1 aliphatic heterocycles. The lowest BCUT2D eigenvalue weighted by atomic mass is 10.2. The molecule has 2 aromatic rings. The molecule has 1 saturated heterocycles. The summed E-state index contributed by atoms with van der Waals surface area (Å²) in [6.07, 6.45) is 2.94. The molecular formula is C17H9Br4N3O3S. The Morgan fingerprint density at radius 2 is 1.50 bits per heavy atom. The van der Waals surface area contributed by atoms with Gasteiger partial charge < -0.3 is 10.2 Å². The van der Waals surface area contributed by atoms with Gasteiger partial charge in [0.25, 0.3) is 5.91 Å². The van der Waals surface area contributed by atoms with E-state index in [0.29, 0.717) is 25.0 Å². The van der Waals surface area contributed by atoms with E-state index >= 15 is 0 Å². The van der Waals surface area contributed by atoms with E-state index in [9.17, 15) is 15.0 Å². The number of hydrogen-bond donors (Lipinski definition) is 3. The quantitative estimate of drug-likeness (QED) is 0.224. The van der Waals surface area contributed by atoms with Crippen LogP contribution in [0.3, 0.4) is 0 Å². The van der Waals surface area contributed by atoms with Gasteiger partial charge in [-0.15, -0.1) is 5.10 Å². The zero-order chi connectivity index (χ0) is 20.4. The minimum Gasteiger partial charge on any atom is -0.506 e. The van der Waals surface area contributed by atoms with Crippen molar-refractivity contribution < 1.29 is 15.0 Å². The Bertz CT molecular complexity index is 1070. The summed E-state index contributed by atoms with van der Waals surface area (Å²) < 4.78 is 2.55. The first-order chi connectivity index (χ1) is 13.2. The number of halogens is 4. The van der Waals surface area contributed by atoms with Gasteiger partial charge in [-0.3, -0.25) is 10.1 Å². The molecule has 28 heavy (non-hydrogen) atoms. The number of amidine groups is 1. The highest BCUT2D eigenvalue weighted by atomic mass is 79.9. The first-order valence-corrected chi connectivity index (χ1v) is 11.4. The average molecular weight is 655 g/mol. The van der Waals surface area contributed by atoms with Crippen LogP contribution in [-0.2, 0) is 4.79 Å². The Balaban J connectivity index is 1.81. The van der Waals surface area contributed by atoms with Crippen LogP contribution in [0.15, 0.2) is 57.3 Å². The first kappa shape index (κ1) is 21.6. The normalized spacial score (nSPS) is 17.1. The van der Waals surface area contributed by atoms with Crippen LogP contribution in [0.4, 0.5) is 0 Å². The molecule has 0 aromatic heterocycles. The monoisotopic (exact) mass is 651 g/mol. The van der Waals surface area contributed by atoms with Crippen LogP contribution >= 0.6 is 75.5 Å². The SMILES string of the molecule is O=C1N/C(=N\N=C\c2cc(Br)cc(Br)c2O)S/C1=C\c1cc(Br)cc(Br)c1O. The third-order valence-corrected chi connectivity index (χ3v) is 6.42. The fourth-order valence-corrected chi connectivity index (χ4v) is 5.43. The van der Waals surface area contributed by atoms with Crippen molar-refractivity contribution in [1.82, 2.24) is 5.32 Å². The van der Waals surface area contributed by atoms with Crippen LogP contribution in [0.25, 0.3) is 6.08 Å². The van der Waals surface area contributed by atoms with Crippen molar-refractivity contribution in [1.29, 1.82) is 0 Å². The second-order valence-electron chi connectivity index (χ2n) is 5.37. The van der Waals surface area contributed by atoms with E-state index in [0.717, 1.165) is 20.7 Å². The Kier molecular flexibility index (Phi) is 7.02. The zero-order valence-corrected chi connectivity index (χ0v) is 20.7. The second kappa shape index (κ2) is 9.12. The third-order valence-electron chi connectivity index (χ3n) is 3.40. The van der Waals surface area contributed by atoms with Crippen LogP contribution in [-0.4, -0.2) is 27.5 Å². The molecule has 0 bridgehead atoms. The molecule has 11 heteroatoms. The fourth-order valence-electron chi connectivity index (χ4n) is 2.14. The van der Waals surface area contributed by atoms with Crippen molar-refractivity contribution in [2.45, 2.75) is 0 Å². The summed E-state index contributed by atoms with van der Waals surface area (Å²) in [4.78, 5) is 12.5. The smallest absolute Gasteiger partial charge is 0.264 e. The first-order valence-electron chi connectivity index (χ1n) is 7.42. The molecule has 0 saturated carbocycles. The Labute approximate surface area is 197 Å². The number of phenolic OH excluding ortho intramolecular Hbond substituents is 2. The summed E-state index contributed by atoms with van der Waals surface area (Å²) in [5.41, 5.74) is 0.937. The lowest BCUT2D eigenvalue weighted by molar-refractivity contribution is -0.115. The van der Waals surface area contributed by atoms with Gasteiger partial charge in [0.15, 0.2) is 5.17 Å². The Morgan fingerprint density at radius 1 is 0.929 bits per heavy atom. The lowest BCUT2D eigenvalue weighted by Gasteiger charge is -2.03. The van der Waals surface area contributed by atoms with Crippen LogP contribution < -0.4 is 5.32 Å². The lowest BCUT2D eigenvalue weighted by Crippen LogP contribution is -2.19. The standard InChI is InChI=1S/C17H9Br4N3O3S/c18-9-1-7(14(25)11(20)4-9)3-13-16(27)23-17(28-13)24-22-6-8-2-10(19)5-12(21)15(8)26/h1-6,25-26H,(H,23,24,27)/b13-3-,22-6+. The summed E-state index contributed by atoms with van der Waals surface area (Å²) in [6.45, 7) is 0. The number of rotatable bonds is 3. The molecule has 0 unspecified atom stereocenters. The summed E-state index contributed by atoms with van der Waals surface area (Å²) >= 11 is 14.3. The summed E-state index contributed by atoms with van der Waals surface area (Å²) in [7, 11) is 0. The largest absolute Gasteiger partial charge is 0.506 e. The number of hydrogen-bond acceptors (Lipinski definition) is 6. The molecule has 0 aliphatic carbocycles. The molecule has 1 fully saturated rings. The maximum atomic E-state index is 12.2. The van der Waals surface area contributed by atoms with E-state index in [2.05, 4.69) is 79.2 Å². The molecule has 6 nitrogen and oxygen atoms in total. The van der Waals surface area contributed by atoms with E-state index in [1.165, 1.54) is 6.21 Å². The van der Waals surface area contributed by atoms with Gasteiger partial charge in [0, 0.05) is 20.1 Å². The fraction of sp³-hybridized carbons (Fsp3) is 0. The molecule has 3 N–H and O–H groups in total. The van der Waals surface area contributed by atoms with E-state index < -0.39 is 0 Å². The highest BCUT2D eigenvalue weighted by molar-refractivity contribution is 9.11. The van der Waals surface area contributed by atoms with E-state index in [1.54, 1.807) is 30.3 Å². The maximum absolute atomic E-state index is 12.2. The van der Waals surface area contributed by atoms with Crippen molar-refractivity contribution >= 4 is 98.8 Å². The van der Waals surface area contributed by atoms with E-state index in [4.69, 9.17) is 0 Å². The van der Waals surface area contributed by atoms with Crippen LogP contribution in [0.1, 0.15) is 11.1 Å². The number of carbonyl (C=O) groups excluding carboxylic acids is 1. The van der Waals surface area contributed by atoms with Gasteiger partial charge >= 0.3 is 0 Å². The van der Waals surface area contributed by atoms with Crippen molar-refractivity contribution in [3.05, 3.63) is 58.2 Å². The maximum Gasteiger partial charge on any atom is 0.264 e. The van der Waals surface area contributed by atoms with Crippen molar-refractivity contribution in [2.24, 2.45) is 10.2 Å². The number of amides is 1. The van der Waals surface area contributed by atoms with Crippen LogP contribution in [0.2, 0.25) is 0 Å². The molecule has 0 radical (unpaired) electrons. The Morgan fingerprint density at radius 3 is 2.14 bits per heavy atom. The summed E-state index contributed by atoms with van der Waals surface area (Å²) in [5, 5.41) is 30.9. The van der Waals surface area contributed by atoms with Gasteiger partial charge in [-0.1, -0.05) is 31.9 Å². The molecule has 1 heterocycles. The van der Waals surface area contributed by atoms with Crippen molar-refractivity contribution in [2.75, 3.05) is 0 Å². The molecule has 1 amide bonds. The van der Waals surface area contributed by atoms with Gasteiger partial charge in [-0.2, -0.15) is 5.10 Å². The van der Waals surface area contributed by atoms with E-state index in [1.807, 2.05) is 0 Å². The number of thioether (sulfide) groups is 1. The highest BCUT2D eigenvalue weighted by Gasteiger charge is 2.24. The van der Waals surface area contributed by atoms with E-state index in [-0.39, 0.29) is 22.6 Å². The Hall–Kier alpha value is -1.14. The third kappa shape index (κ3) is 5.07. The van der Waals surface area contributed by atoms with Gasteiger partial charge in [0.1, 0.15) is 11.5 Å². The number of carbonyl (C=O) groups is 1. The number of nitrogens with one attached hydrogen (secondary N) is 1. The summed E-state index contributed by atoms with van der Waals surface area (Å²) in [6, 6.07) is 6.79. The van der Waals surface area contributed by atoms with Crippen molar-refractivity contribution in [3.8, 4) is 11.5 Å². The number of benzene rings is 2. The molecular weight excluding hydrogens is 646 g/mol. The molecule has 1 aliphatic rings. The molecule has 144 valence electrons. The minimum atomic E-state index is -0.345. The zero-order valence-electron chi connectivity index (χ0n) is 13.6. The minimum absolute atomic E-state index is 0.0308. The molecule has 2 aromatic carbocycles. The van der Waals surface area contributed by atoms with Gasteiger partial charge in [-0.25, -0.2) is 0 Å². The molecule has 0 atom stereocenters. The number of phenols is 2. The van der Waals surface area contributed by atoms with Crippen molar-refractivity contribution in [3.63, 3.8) is 0 Å². The van der Waals surface area contributed by atoms with Crippen LogP contribution in [0.5, 0.6) is 11.5 Å². The molecule has 3 rings (SSSR count). The predicted molar refractivity (Wildman–Crippen MR) is 126 cm³/mol. The van der Waals surface area contributed by atoms with Gasteiger partial charge in [0.2, 0.25) is 0 Å². The predicted octanol–water partition coefficient (Wildman–Crippen LogP) is 5.74. The second-order valence-corrected chi connectivity index (χ2v) is 9.94. The van der Waals surface area contributed by atoms with Gasteiger partial charge in [-0.05, 0) is 74.0 Å². The molecule has 0 spiro atoms. The van der Waals surface area contributed by atoms with Crippen LogP contribution in [0, 0.1) is 0 Å². The number of nitrogens with zero attached hydrogens (tertiary/aromatic N) is 2. The average Bonchev–Trinajstić information content (AvgIpc) is 2.96. The summed E-state index contributed by atoms with van der Waals surface area (Å²) in [5.74, 6) is -0.280. The topological polar surface area (TPSA) is 94.3 Å². The highest BCUT2D eigenvalue weighted by Crippen LogP contribution is 2.35. The van der Waals surface area contributed by atoms with Gasteiger partial charge in [0.05, 0.1) is 20.1 Å².